The first-order chi connectivity index (χ1) is 11.5. The second kappa shape index (κ2) is 6.53. The molecule has 0 bridgehead atoms. The van der Waals surface area contributed by atoms with Crippen molar-refractivity contribution in [2.45, 2.75) is 25.9 Å². The molecule has 0 aliphatic rings. The molecule has 1 atom stereocenters. The highest BCUT2D eigenvalue weighted by Crippen LogP contribution is 2.23. The van der Waals surface area contributed by atoms with E-state index in [-0.39, 0.29) is 17.6 Å². The zero-order valence-corrected chi connectivity index (χ0v) is 13.2. The Bertz CT molecular complexity index is 862. The third kappa shape index (κ3) is 3.43. The van der Waals surface area contributed by atoms with E-state index < -0.39 is 5.97 Å². The number of nitrogens with two attached hydrogens (primary N) is 1. The molecule has 0 amide bonds. The molecule has 2 aromatic heterocycles. The maximum Gasteiger partial charge on any atom is 0.335 e. The Kier molecular flexibility index (Phi) is 4.28. The monoisotopic (exact) mass is 326 g/mol. The van der Waals surface area contributed by atoms with Crippen molar-refractivity contribution in [3.8, 4) is 0 Å². The number of carboxylic acids is 1. The van der Waals surface area contributed by atoms with E-state index in [0.29, 0.717) is 16.7 Å². The summed E-state index contributed by atoms with van der Waals surface area (Å²) in [6.07, 6.45) is 4.47. The van der Waals surface area contributed by atoms with E-state index >= 15 is 0 Å². The summed E-state index contributed by atoms with van der Waals surface area (Å²) in [5, 5.41) is 17.3. The number of nitrogen functional groups attached to an aromatic ring is 1. The number of benzene rings is 1. The molecule has 124 valence electrons. The second-order valence-electron chi connectivity index (χ2n) is 5.57. The third-order valence-electron chi connectivity index (χ3n) is 3.69. The number of anilines is 2. The van der Waals surface area contributed by atoms with Crippen LogP contribution in [0.1, 0.15) is 23.7 Å². The standard InChI is InChI=1S/C16H18N6O2/c1-10(5-8-22-7-2-6-18-22)19-14-12-9-11(15(23)24)3-4-13(12)20-16(17)21-14/h2-4,6-7,9-10H,5,8H2,1H3,(H,23,24)(H3,17,19,20,21)/t10-/m0/s1. The van der Waals surface area contributed by atoms with Crippen molar-refractivity contribution >= 4 is 28.6 Å². The van der Waals surface area contributed by atoms with Gasteiger partial charge in [0.2, 0.25) is 5.95 Å². The van der Waals surface area contributed by atoms with Crippen molar-refractivity contribution < 1.29 is 9.90 Å². The van der Waals surface area contributed by atoms with E-state index in [0.717, 1.165) is 13.0 Å². The first-order valence-corrected chi connectivity index (χ1v) is 7.57. The van der Waals surface area contributed by atoms with E-state index in [1.54, 1.807) is 18.3 Å². The van der Waals surface area contributed by atoms with Crippen LogP contribution in [0.2, 0.25) is 0 Å². The fourth-order valence-corrected chi connectivity index (χ4v) is 2.45. The summed E-state index contributed by atoms with van der Waals surface area (Å²) in [4.78, 5) is 19.6. The highest BCUT2D eigenvalue weighted by Gasteiger charge is 2.12. The second-order valence-corrected chi connectivity index (χ2v) is 5.57. The summed E-state index contributed by atoms with van der Waals surface area (Å²) < 4.78 is 1.85. The molecule has 8 heteroatoms. The van der Waals surface area contributed by atoms with E-state index in [4.69, 9.17) is 10.8 Å². The summed E-state index contributed by atoms with van der Waals surface area (Å²) in [6.45, 7) is 2.79. The van der Waals surface area contributed by atoms with Gasteiger partial charge in [0.25, 0.3) is 0 Å². The summed E-state index contributed by atoms with van der Waals surface area (Å²) in [6, 6.07) is 6.67. The molecule has 1 aromatic carbocycles. The van der Waals surface area contributed by atoms with Crippen LogP contribution >= 0.6 is 0 Å². The average Bonchev–Trinajstić information content (AvgIpc) is 3.05. The van der Waals surface area contributed by atoms with Crippen LogP contribution in [0.5, 0.6) is 0 Å². The molecule has 0 unspecified atom stereocenters. The van der Waals surface area contributed by atoms with Gasteiger partial charge in [-0.05, 0) is 37.6 Å². The summed E-state index contributed by atoms with van der Waals surface area (Å²) in [5.41, 5.74) is 6.55. The van der Waals surface area contributed by atoms with Gasteiger partial charge in [-0.25, -0.2) is 9.78 Å². The predicted octanol–water partition coefficient (Wildman–Crippen LogP) is 2.00. The SMILES string of the molecule is C[C@@H](CCn1cccn1)Nc1nc(N)nc2ccc(C(=O)O)cc12. The average molecular weight is 326 g/mol. The Balaban J connectivity index is 1.84. The van der Waals surface area contributed by atoms with E-state index in [2.05, 4.69) is 20.4 Å². The molecular formula is C16H18N6O2. The molecule has 2 heterocycles. The molecule has 0 aliphatic heterocycles. The molecule has 0 fully saturated rings. The largest absolute Gasteiger partial charge is 0.478 e. The van der Waals surface area contributed by atoms with Crippen molar-refractivity contribution in [3.63, 3.8) is 0 Å². The van der Waals surface area contributed by atoms with Gasteiger partial charge in [0, 0.05) is 30.4 Å². The van der Waals surface area contributed by atoms with Crippen LogP contribution in [0.3, 0.4) is 0 Å². The minimum atomic E-state index is -0.994. The lowest BCUT2D eigenvalue weighted by atomic mass is 10.1. The summed E-state index contributed by atoms with van der Waals surface area (Å²) in [5.74, 6) is -0.313. The molecule has 3 rings (SSSR count). The quantitative estimate of drug-likeness (QED) is 0.633. The Morgan fingerprint density at radius 2 is 2.25 bits per heavy atom. The van der Waals surface area contributed by atoms with Gasteiger partial charge in [0.1, 0.15) is 5.82 Å². The normalized spacial score (nSPS) is 12.2. The zero-order chi connectivity index (χ0) is 17.1. The summed E-state index contributed by atoms with van der Waals surface area (Å²) >= 11 is 0. The number of aromatic nitrogens is 4. The van der Waals surface area contributed by atoms with Crippen LogP contribution in [-0.2, 0) is 6.54 Å². The molecule has 0 spiro atoms. The van der Waals surface area contributed by atoms with Gasteiger partial charge in [0.15, 0.2) is 0 Å². The van der Waals surface area contributed by atoms with Gasteiger partial charge in [0.05, 0.1) is 11.1 Å². The first kappa shape index (κ1) is 15.7. The number of fused-ring (bicyclic) bond motifs is 1. The molecule has 8 nitrogen and oxygen atoms in total. The van der Waals surface area contributed by atoms with E-state index in [1.165, 1.54) is 6.07 Å². The maximum absolute atomic E-state index is 11.2. The molecule has 4 N–H and O–H groups in total. The van der Waals surface area contributed by atoms with Gasteiger partial charge >= 0.3 is 5.97 Å². The van der Waals surface area contributed by atoms with Gasteiger partial charge in [-0.1, -0.05) is 0 Å². The minimum Gasteiger partial charge on any atom is -0.478 e. The maximum atomic E-state index is 11.2. The number of carboxylic acid groups (broad SMARTS) is 1. The van der Waals surface area contributed by atoms with Crippen LogP contribution in [-0.4, -0.2) is 36.9 Å². The molecule has 0 saturated carbocycles. The number of nitrogens with zero attached hydrogens (tertiary/aromatic N) is 4. The van der Waals surface area contributed by atoms with Crippen LogP contribution in [0.4, 0.5) is 11.8 Å². The molecule has 24 heavy (non-hydrogen) atoms. The van der Waals surface area contributed by atoms with Gasteiger partial charge in [-0.2, -0.15) is 10.1 Å². The number of aromatic carboxylic acids is 1. The minimum absolute atomic E-state index is 0.0974. The molecule has 0 saturated heterocycles. The fourth-order valence-electron chi connectivity index (χ4n) is 2.45. The van der Waals surface area contributed by atoms with Crippen LogP contribution < -0.4 is 11.1 Å². The van der Waals surface area contributed by atoms with Crippen molar-refractivity contribution in [1.29, 1.82) is 0 Å². The number of carbonyl (C=O) groups is 1. The Labute approximate surface area is 138 Å². The predicted molar refractivity (Wildman–Crippen MR) is 90.8 cm³/mol. The van der Waals surface area contributed by atoms with E-state index in [9.17, 15) is 4.79 Å². The van der Waals surface area contributed by atoms with Crippen molar-refractivity contribution in [2.24, 2.45) is 0 Å². The molecular weight excluding hydrogens is 308 g/mol. The lowest BCUT2D eigenvalue weighted by Gasteiger charge is -2.16. The topological polar surface area (TPSA) is 119 Å². The molecule has 0 radical (unpaired) electrons. The lowest BCUT2D eigenvalue weighted by molar-refractivity contribution is 0.0697. The van der Waals surface area contributed by atoms with Crippen LogP contribution in [0.25, 0.3) is 10.9 Å². The van der Waals surface area contributed by atoms with Crippen molar-refractivity contribution in [3.05, 3.63) is 42.2 Å². The molecule has 3 aromatic rings. The van der Waals surface area contributed by atoms with Crippen molar-refractivity contribution in [1.82, 2.24) is 19.7 Å². The number of aryl methyl sites for hydroxylation is 1. The van der Waals surface area contributed by atoms with Gasteiger partial charge in [-0.15, -0.1) is 0 Å². The Morgan fingerprint density at radius 1 is 1.42 bits per heavy atom. The number of nitrogens with one attached hydrogen (secondary N) is 1. The summed E-state index contributed by atoms with van der Waals surface area (Å²) in [7, 11) is 0. The number of rotatable bonds is 6. The van der Waals surface area contributed by atoms with Crippen LogP contribution in [0, 0.1) is 0 Å². The first-order valence-electron chi connectivity index (χ1n) is 7.57. The van der Waals surface area contributed by atoms with Gasteiger partial charge < -0.3 is 16.2 Å². The zero-order valence-electron chi connectivity index (χ0n) is 13.2. The highest BCUT2D eigenvalue weighted by molar-refractivity contribution is 5.97. The van der Waals surface area contributed by atoms with Gasteiger partial charge in [-0.3, -0.25) is 4.68 Å². The number of hydrogen-bond donors (Lipinski definition) is 3. The smallest absolute Gasteiger partial charge is 0.335 e. The van der Waals surface area contributed by atoms with Crippen LogP contribution in [0.15, 0.2) is 36.7 Å². The number of hydrogen-bond acceptors (Lipinski definition) is 6. The molecule has 0 aliphatic carbocycles. The van der Waals surface area contributed by atoms with E-state index in [1.807, 2.05) is 23.9 Å². The highest BCUT2D eigenvalue weighted by atomic mass is 16.4. The van der Waals surface area contributed by atoms with Crippen molar-refractivity contribution in [2.75, 3.05) is 11.1 Å². The Morgan fingerprint density at radius 3 is 2.96 bits per heavy atom. The lowest BCUT2D eigenvalue weighted by Crippen LogP contribution is -2.19. The Hall–Kier alpha value is -3.16. The fraction of sp³-hybridized carbons (Fsp3) is 0.250. The third-order valence-corrected chi connectivity index (χ3v) is 3.69.